The van der Waals surface area contributed by atoms with Crippen LogP contribution in [0.5, 0.6) is 0 Å². The van der Waals surface area contributed by atoms with E-state index in [9.17, 15) is 9.50 Å². The fraction of sp³-hybridized carbons (Fsp3) is 0.571. The molecule has 1 aliphatic rings. The average molecular weight is 252 g/mol. The van der Waals surface area contributed by atoms with Crippen molar-refractivity contribution in [3.63, 3.8) is 0 Å². The fourth-order valence-corrected chi connectivity index (χ4v) is 2.67. The Labute approximate surface area is 107 Å². The van der Waals surface area contributed by atoms with Crippen molar-refractivity contribution in [2.45, 2.75) is 37.3 Å². The summed E-state index contributed by atoms with van der Waals surface area (Å²) in [5.41, 5.74) is 5.48. The molecule has 0 unspecified atom stereocenters. The lowest BCUT2D eigenvalue weighted by atomic mass is 9.81. The molecule has 0 bridgehead atoms. The highest BCUT2D eigenvalue weighted by molar-refractivity contribution is 5.47. The monoisotopic (exact) mass is 252 g/mol. The van der Waals surface area contributed by atoms with E-state index in [-0.39, 0.29) is 11.9 Å². The zero-order valence-electron chi connectivity index (χ0n) is 10.8. The quantitative estimate of drug-likeness (QED) is 0.863. The van der Waals surface area contributed by atoms with Crippen molar-refractivity contribution in [3.8, 4) is 0 Å². The Morgan fingerprint density at radius 3 is 2.56 bits per heavy atom. The topological polar surface area (TPSA) is 49.5 Å². The van der Waals surface area contributed by atoms with Gasteiger partial charge in [0.05, 0.1) is 11.3 Å². The largest absolute Gasteiger partial charge is 0.389 e. The van der Waals surface area contributed by atoms with Gasteiger partial charge in [-0.3, -0.25) is 0 Å². The van der Waals surface area contributed by atoms with E-state index in [4.69, 9.17) is 5.73 Å². The summed E-state index contributed by atoms with van der Waals surface area (Å²) >= 11 is 0. The summed E-state index contributed by atoms with van der Waals surface area (Å²) in [4.78, 5) is 1.98. The summed E-state index contributed by atoms with van der Waals surface area (Å²) in [6.07, 6.45) is 3.07. The summed E-state index contributed by atoms with van der Waals surface area (Å²) < 4.78 is 13.7. The SMILES string of the molecule is CN(c1ccccc1F)C1CCC(O)(CN)CC1. The van der Waals surface area contributed by atoms with E-state index in [2.05, 4.69) is 0 Å². The third kappa shape index (κ3) is 2.65. The van der Waals surface area contributed by atoms with Crippen LogP contribution in [0.1, 0.15) is 25.7 Å². The first-order valence-electron chi connectivity index (χ1n) is 6.45. The molecule has 1 aliphatic carbocycles. The zero-order chi connectivity index (χ0) is 13.2. The van der Waals surface area contributed by atoms with Crippen molar-refractivity contribution in [2.24, 2.45) is 5.73 Å². The number of nitrogens with two attached hydrogens (primary N) is 1. The number of para-hydroxylation sites is 1. The van der Waals surface area contributed by atoms with Crippen LogP contribution in [-0.4, -0.2) is 30.3 Å². The van der Waals surface area contributed by atoms with E-state index in [1.807, 2.05) is 18.0 Å². The number of hydrogen-bond donors (Lipinski definition) is 2. The third-order valence-corrected chi connectivity index (χ3v) is 4.05. The standard InChI is InChI=1S/C14H21FN2O/c1-17(13-5-3-2-4-12(13)15)11-6-8-14(18,10-16)9-7-11/h2-5,11,18H,6-10,16H2,1H3. The Balaban J connectivity index is 2.04. The molecule has 0 heterocycles. The summed E-state index contributed by atoms with van der Waals surface area (Å²) in [7, 11) is 1.91. The number of nitrogens with zero attached hydrogens (tertiary/aromatic N) is 1. The molecule has 0 aliphatic heterocycles. The zero-order valence-corrected chi connectivity index (χ0v) is 10.8. The molecule has 1 aromatic carbocycles. The molecule has 3 N–H and O–H groups in total. The van der Waals surface area contributed by atoms with Gasteiger partial charge in [0.1, 0.15) is 5.82 Å². The van der Waals surface area contributed by atoms with Gasteiger partial charge in [-0.15, -0.1) is 0 Å². The van der Waals surface area contributed by atoms with Crippen molar-refractivity contribution in [3.05, 3.63) is 30.1 Å². The predicted octanol–water partition coefficient (Wildman–Crippen LogP) is 1.89. The molecular formula is C14H21FN2O. The molecule has 3 nitrogen and oxygen atoms in total. The van der Waals surface area contributed by atoms with Crippen LogP contribution in [0.15, 0.2) is 24.3 Å². The Hall–Kier alpha value is -1.13. The van der Waals surface area contributed by atoms with Gasteiger partial charge >= 0.3 is 0 Å². The minimum absolute atomic E-state index is 0.195. The molecule has 0 saturated heterocycles. The van der Waals surface area contributed by atoms with Crippen LogP contribution in [0.2, 0.25) is 0 Å². The van der Waals surface area contributed by atoms with Crippen LogP contribution in [-0.2, 0) is 0 Å². The maximum absolute atomic E-state index is 13.7. The van der Waals surface area contributed by atoms with E-state index in [1.54, 1.807) is 12.1 Å². The molecular weight excluding hydrogens is 231 g/mol. The van der Waals surface area contributed by atoms with E-state index in [1.165, 1.54) is 6.07 Å². The van der Waals surface area contributed by atoms with Crippen LogP contribution in [0.3, 0.4) is 0 Å². The van der Waals surface area contributed by atoms with E-state index in [0.29, 0.717) is 25.1 Å². The highest BCUT2D eigenvalue weighted by atomic mass is 19.1. The Morgan fingerprint density at radius 1 is 1.39 bits per heavy atom. The van der Waals surface area contributed by atoms with Crippen LogP contribution in [0.4, 0.5) is 10.1 Å². The second-order valence-corrected chi connectivity index (χ2v) is 5.22. The first-order valence-corrected chi connectivity index (χ1v) is 6.45. The number of aliphatic hydroxyl groups is 1. The van der Waals surface area contributed by atoms with Crippen molar-refractivity contribution in [1.82, 2.24) is 0 Å². The van der Waals surface area contributed by atoms with Gasteiger partial charge < -0.3 is 15.7 Å². The van der Waals surface area contributed by atoms with Crippen molar-refractivity contribution < 1.29 is 9.50 Å². The summed E-state index contributed by atoms with van der Waals surface area (Å²) in [6.45, 7) is 0.309. The maximum Gasteiger partial charge on any atom is 0.146 e. The third-order valence-electron chi connectivity index (χ3n) is 4.05. The summed E-state index contributed by atoms with van der Waals surface area (Å²) in [5, 5.41) is 10.1. The normalized spacial score (nSPS) is 28.1. The van der Waals surface area contributed by atoms with Gasteiger partial charge in [0.15, 0.2) is 0 Å². The average Bonchev–Trinajstić information content (AvgIpc) is 2.39. The minimum atomic E-state index is -0.716. The van der Waals surface area contributed by atoms with Crippen molar-refractivity contribution in [1.29, 1.82) is 0 Å². The van der Waals surface area contributed by atoms with Crippen molar-refractivity contribution >= 4 is 5.69 Å². The minimum Gasteiger partial charge on any atom is -0.389 e. The van der Waals surface area contributed by atoms with Crippen LogP contribution >= 0.6 is 0 Å². The van der Waals surface area contributed by atoms with Gasteiger partial charge in [-0.05, 0) is 37.8 Å². The van der Waals surface area contributed by atoms with Gasteiger partial charge in [-0.1, -0.05) is 12.1 Å². The highest BCUT2D eigenvalue weighted by Crippen LogP contribution is 2.32. The van der Waals surface area contributed by atoms with Crippen LogP contribution < -0.4 is 10.6 Å². The van der Waals surface area contributed by atoms with Crippen LogP contribution in [0, 0.1) is 5.82 Å². The maximum atomic E-state index is 13.7. The molecule has 0 radical (unpaired) electrons. The molecule has 0 aromatic heterocycles. The highest BCUT2D eigenvalue weighted by Gasteiger charge is 2.33. The second-order valence-electron chi connectivity index (χ2n) is 5.22. The lowest BCUT2D eigenvalue weighted by Gasteiger charge is -2.39. The lowest BCUT2D eigenvalue weighted by Crippen LogP contribution is -2.46. The molecule has 1 saturated carbocycles. The number of hydrogen-bond acceptors (Lipinski definition) is 3. The molecule has 0 amide bonds. The number of benzene rings is 1. The van der Waals surface area contributed by atoms with Gasteiger partial charge in [-0.25, -0.2) is 4.39 Å². The van der Waals surface area contributed by atoms with Gasteiger partial charge in [0, 0.05) is 19.6 Å². The van der Waals surface area contributed by atoms with E-state index < -0.39 is 5.60 Å². The molecule has 1 aromatic rings. The lowest BCUT2D eigenvalue weighted by molar-refractivity contribution is 0.00797. The van der Waals surface area contributed by atoms with E-state index in [0.717, 1.165) is 12.8 Å². The van der Waals surface area contributed by atoms with Crippen LogP contribution in [0.25, 0.3) is 0 Å². The predicted molar refractivity (Wildman–Crippen MR) is 71.1 cm³/mol. The molecule has 0 atom stereocenters. The first-order chi connectivity index (χ1) is 8.56. The number of halogens is 1. The van der Waals surface area contributed by atoms with Gasteiger partial charge in [0.25, 0.3) is 0 Å². The van der Waals surface area contributed by atoms with Gasteiger partial charge in [-0.2, -0.15) is 0 Å². The Kier molecular flexibility index (Phi) is 3.88. The molecule has 4 heteroatoms. The molecule has 100 valence electrons. The Bertz CT molecular complexity index is 403. The summed E-state index contributed by atoms with van der Waals surface area (Å²) in [5.74, 6) is -0.195. The second kappa shape index (κ2) is 5.24. The van der Waals surface area contributed by atoms with Crippen molar-refractivity contribution in [2.75, 3.05) is 18.5 Å². The smallest absolute Gasteiger partial charge is 0.146 e. The first kappa shape index (κ1) is 13.3. The molecule has 2 rings (SSSR count). The molecule has 1 fully saturated rings. The van der Waals surface area contributed by atoms with Gasteiger partial charge in [0.2, 0.25) is 0 Å². The number of rotatable bonds is 3. The van der Waals surface area contributed by atoms with E-state index >= 15 is 0 Å². The number of anilines is 1. The fourth-order valence-electron chi connectivity index (χ4n) is 2.67. The molecule has 0 spiro atoms. The summed E-state index contributed by atoms with van der Waals surface area (Å²) in [6, 6.07) is 7.08. The molecule has 18 heavy (non-hydrogen) atoms. The Morgan fingerprint density at radius 2 is 2.00 bits per heavy atom.